The summed E-state index contributed by atoms with van der Waals surface area (Å²) in [6.07, 6.45) is 2.14. The maximum Gasteiger partial charge on any atom is 0.271 e. The molecule has 0 radical (unpaired) electrons. The van der Waals surface area contributed by atoms with E-state index in [1.54, 1.807) is 0 Å². The Balaban J connectivity index is 2.95. The highest BCUT2D eigenvalue weighted by Gasteiger charge is 2.16. The van der Waals surface area contributed by atoms with Crippen molar-refractivity contribution in [3.63, 3.8) is 0 Å². The minimum atomic E-state index is -0.347. The van der Waals surface area contributed by atoms with Gasteiger partial charge in [-0.1, -0.05) is 41.7 Å². The molecule has 0 fully saturated rings. The van der Waals surface area contributed by atoms with E-state index in [1.807, 2.05) is 6.92 Å². The summed E-state index contributed by atoms with van der Waals surface area (Å²) in [6, 6.07) is 0. The van der Waals surface area contributed by atoms with Crippen LogP contribution in [0.5, 0.6) is 0 Å². The molecule has 1 aromatic heterocycles. The second-order valence-corrected chi connectivity index (χ2v) is 4.00. The number of carbonyl (C=O) groups is 1. The maximum atomic E-state index is 11.5. The molecule has 0 saturated heterocycles. The van der Waals surface area contributed by atoms with E-state index < -0.39 is 0 Å². The Morgan fingerprint density at radius 2 is 2.07 bits per heavy atom. The highest BCUT2D eigenvalue weighted by Crippen LogP contribution is 2.30. The van der Waals surface area contributed by atoms with Gasteiger partial charge in [0.15, 0.2) is 0 Å². The normalized spacial score (nSPS) is 10.1. The highest BCUT2D eigenvalue weighted by molar-refractivity contribution is 6.48. The van der Waals surface area contributed by atoms with E-state index in [0.717, 1.165) is 6.42 Å². The summed E-state index contributed by atoms with van der Waals surface area (Å²) in [6.45, 7) is 2.52. The smallest absolute Gasteiger partial charge is 0.271 e. The Labute approximate surface area is 103 Å². The Kier molecular flexibility index (Phi) is 4.64. The molecule has 0 aliphatic heterocycles. The first-order valence-corrected chi connectivity index (χ1v) is 5.49. The third kappa shape index (κ3) is 2.97. The van der Waals surface area contributed by atoms with E-state index >= 15 is 0 Å². The zero-order chi connectivity index (χ0) is 11.4. The first kappa shape index (κ1) is 12.6. The lowest BCUT2D eigenvalue weighted by Crippen LogP contribution is -2.25. The Morgan fingerprint density at radius 3 is 2.67 bits per heavy atom. The fraction of sp³-hybridized carbons (Fsp3) is 0.333. The molecule has 15 heavy (non-hydrogen) atoms. The minimum absolute atomic E-state index is 0.0813. The monoisotopic (exact) mass is 266 g/mol. The van der Waals surface area contributed by atoms with Crippen molar-refractivity contribution in [2.24, 2.45) is 0 Å². The van der Waals surface area contributed by atoms with Crippen molar-refractivity contribution >= 4 is 40.7 Å². The SMILES string of the molecule is CCCNC(=O)c1ncc(Cl)c(Cl)c1Cl. The van der Waals surface area contributed by atoms with Gasteiger partial charge in [0, 0.05) is 12.7 Å². The van der Waals surface area contributed by atoms with Gasteiger partial charge in [-0.15, -0.1) is 0 Å². The predicted molar refractivity (Wildman–Crippen MR) is 61.9 cm³/mol. The number of rotatable bonds is 3. The molecule has 0 aliphatic rings. The average molecular weight is 268 g/mol. The van der Waals surface area contributed by atoms with Crippen molar-refractivity contribution in [1.29, 1.82) is 0 Å². The molecule has 3 nitrogen and oxygen atoms in total. The number of carbonyl (C=O) groups excluding carboxylic acids is 1. The Bertz CT molecular complexity index is 382. The van der Waals surface area contributed by atoms with Crippen LogP contribution in [0.3, 0.4) is 0 Å². The molecule has 0 saturated carbocycles. The highest BCUT2D eigenvalue weighted by atomic mass is 35.5. The molecule has 1 amide bonds. The van der Waals surface area contributed by atoms with Crippen molar-refractivity contribution in [2.45, 2.75) is 13.3 Å². The number of amides is 1. The van der Waals surface area contributed by atoms with Crippen molar-refractivity contribution in [3.05, 3.63) is 27.0 Å². The van der Waals surface area contributed by atoms with Crippen molar-refractivity contribution < 1.29 is 4.79 Å². The third-order valence-corrected chi connectivity index (χ3v) is 2.91. The molecule has 0 aliphatic carbocycles. The quantitative estimate of drug-likeness (QED) is 0.914. The lowest BCUT2D eigenvalue weighted by molar-refractivity contribution is 0.0949. The fourth-order valence-electron chi connectivity index (χ4n) is 0.924. The zero-order valence-electron chi connectivity index (χ0n) is 7.98. The molecule has 1 heterocycles. The lowest BCUT2D eigenvalue weighted by atomic mass is 10.3. The molecule has 0 atom stereocenters. The number of hydrogen-bond acceptors (Lipinski definition) is 2. The van der Waals surface area contributed by atoms with Crippen LogP contribution in [0.1, 0.15) is 23.8 Å². The van der Waals surface area contributed by atoms with Crippen LogP contribution in [0.25, 0.3) is 0 Å². The molecule has 82 valence electrons. The molecule has 0 bridgehead atoms. The van der Waals surface area contributed by atoms with Crippen molar-refractivity contribution in [1.82, 2.24) is 10.3 Å². The van der Waals surface area contributed by atoms with Crippen LogP contribution in [0.2, 0.25) is 15.1 Å². The van der Waals surface area contributed by atoms with Crippen LogP contribution in [0.4, 0.5) is 0 Å². The van der Waals surface area contributed by atoms with Crippen LogP contribution in [-0.4, -0.2) is 17.4 Å². The zero-order valence-corrected chi connectivity index (χ0v) is 10.2. The topological polar surface area (TPSA) is 42.0 Å². The Hall–Kier alpha value is -0.510. The van der Waals surface area contributed by atoms with Gasteiger partial charge in [0.25, 0.3) is 5.91 Å². The lowest BCUT2D eigenvalue weighted by Gasteiger charge is -2.06. The van der Waals surface area contributed by atoms with Gasteiger partial charge < -0.3 is 5.32 Å². The van der Waals surface area contributed by atoms with Crippen LogP contribution in [0.15, 0.2) is 6.20 Å². The molecule has 1 N–H and O–H groups in total. The summed E-state index contributed by atoms with van der Waals surface area (Å²) < 4.78 is 0. The van der Waals surface area contributed by atoms with Gasteiger partial charge in [-0.25, -0.2) is 4.98 Å². The van der Waals surface area contributed by atoms with E-state index in [-0.39, 0.29) is 26.7 Å². The van der Waals surface area contributed by atoms with Crippen LogP contribution in [0, 0.1) is 0 Å². The predicted octanol–water partition coefficient (Wildman–Crippen LogP) is 3.18. The van der Waals surface area contributed by atoms with E-state index in [2.05, 4.69) is 10.3 Å². The number of halogens is 3. The number of pyridine rings is 1. The van der Waals surface area contributed by atoms with E-state index in [4.69, 9.17) is 34.8 Å². The van der Waals surface area contributed by atoms with Gasteiger partial charge in [-0.05, 0) is 6.42 Å². The van der Waals surface area contributed by atoms with Gasteiger partial charge in [-0.3, -0.25) is 4.79 Å². The largest absolute Gasteiger partial charge is 0.351 e. The van der Waals surface area contributed by atoms with Gasteiger partial charge in [0.2, 0.25) is 0 Å². The van der Waals surface area contributed by atoms with E-state index in [1.165, 1.54) is 6.20 Å². The molecule has 0 unspecified atom stereocenters. The van der Waals surface area contributed by atoms with Crippen LogP contribution < -0.4 is 5.32 Å². The summed E-state index contributed by atoms with van der Waals surface area (Å²) in [5, 5.41) is 3.11. The summed E-state index contributed by atoms with van der Waals surface area (Å²) >= 11 is 17.3. The van der Waals surface area contributed by atoms with Crippen LogP contribution >= 0.6 is 34.8 Å². The van der Waals surface area contributed by atoms with Gasteiger partial charge in [-0.2, -0.15) is 0 Å². The number of nitrogens with one attached hydrogen (secondary N) is 1. The number of aromatic nitrogens is 1. The van der Waals surface area contributed by atoms with Gasteiger partial charge >= 0.3 is 0 Å². The number of nitrogens with zero attached hydrogens (tertiary/aromatic N) is 1. The maximum absolute atomic E-state index is 11.5. The average Bonchev–Trinajstić information content (AvgIpc) is 2.23. The Morgan fingerprint density at radius 1 is 1.40 bits per heavy atom. The number of hydrogen-bond donors (Lipinski definition) is 1. The first-order valence-electron chi connectivity index (χ1n) is 4.35. The van der Waals surface area contributed by atoms with Gasteiger partial charge in [0.05, 0.1) is 15.1 Å². The van der Waals surface area contributed by atoms with Gasteiger partial charge in [0.1, 0.15) is 5.69 Å². The minimum Gasteiger partial charge on any atom is -0.351 e. The molecular formula is C9H9Cl3N2O. The van der Waals surface area contributed by atoms with E-state index in [9.17, 15) is 4.79 Å². The van der Waals surface area contributed by atoms with Crippen molar-refractivity contribution in [3.8, 4) is 0 Å². The second-order valence-electron chi connectivity index (χ2n) is 2.84. The fourth-order valence-corrected chi connectivity index (χ4v) is 1.49. The van der Waals surface area contributed by atoms with Crippen LogP contribution in [-0.2, 0) is 0 Å². The molecule has 0 aromatic carbocycles. The molecular weight excluding hydrogens is 258 g/mol. The third-order valence-electron chi connectivity index (χ3n) is 1.67. The molecule has 1 aromatic rings. The standard InChI is InChI=1S/C9H9Cl3N2O/c1-2-3-13-9(15)8-7(12)6(11)5(10)4-14-8/h4H,2-3H2,1H3,(H,13,15). The summed E-state index contributed by atoms with van der Waals surface area (Å²) in [5.74, 6) is -0.347. The molecule has 0 spiro atoms. The summed E-state index contributed by atoms with van der Waals surface area (Å²) in [4.78, 5) is 15.4. The molecule has 6 heteroatoms. The summed E-state index contributed by atoms with van der Waals surface area (Å²) in [5.41, 5.74) is 0.0968. The summed E-state index contributed by atoms with van der Waals surface area (Å²) in [7, 11) is 0. The van der Waals surface area contributed by atoms with Crippen molar-refractivity contribution in [2.75, 3.05) is 6.54 Å². The first-order chi connectivity index (χ1) is 7.07. The molecule has 1 rings (SSSR count). The van der Waals surface area contributed by atoms with E-state index in [0.29, 0.717) is 6.54 Å². The second kappa shape index (κ2) is 5.54.